The predicted octanol–water partition coefficient (Wildman–Crippen LogP) is 4.58. The van der Waals surface area contributed by atoms with Crippen LogP contribution < -0.4 is 5.32 Å². The molecule has 1 unspecified atom stereocenters. The quantitative estimate of drug-likeness (QED) is 0.546. The van der Waals surface area contributed by atoms with Crippen LogP contribution in [0.3, 0.4) is 0 Å². The molecule has 0 aliphatic heterocycles. The highest BCUT2D eigenvalue weighted by Crippen LogP contribution is 2.40. The number of benzene rings is 1. The van der Waals surface area contributed by atoms with E-state index in [0.29, 0.717) is 18.4 Å². The van der Waals surface area contributed by atoms with Gasteiger partial charge < -0.3 is 9.88 Å². The van der Waals surface area contributed by atoms with Crippen LogP contribution in [-0.4, -0.2) is 25.9 Å². The van der Waals surface area contributed by atoms with E-state index in [1.165, 1.54) is 30.2 Å². The van der Waals surface area contributed by atoms with E-state index in [-0.39, 0.29) is 11.2 Å². The Bertz CT molecular complexity index is 778. The third-order valence-electron chi connectivity index (χ3n) is 4.50. The van der Waals surface area contributed by atoms with Gasteiger partial charge >= 0.3 is 0 Å². The number of thioether (sulfide) groups is 1. The van der Waals surface area contributed by atoms with Crippen LogP contribution in [-0.2, 0) is 11.3 Å². The number of rotatable bonds is 8. The normalized spacial score (nSPS) is 15.1. The monoisotopic (exact) mass is 370 g/mol. The summed E-state index contributed by atoms with van der Waals surface area (Å²) in [6.45, 7) is 10.7. The van der Waals surface area contributed by atoms with Crippen LogP contribution in [0.4, 0.5) is 5.69 Å². The number of hydrogen-bond donors (Lipinski definition) is 1. The minimum atomic E-state index is -0.264. The molecule has 0 saturated heterocycles. The smallest absolute Gasteiger partial charge is 0.237 e. The summed E-state index contributed by atoms with van der Waals surface area (Å²) in [4.78, 5) is 12.5. The third kappa shape index (κ3) is 4.36. The van der Waals surface area contributed by atoms with Crippen molar-refractivity contribution in [2.24, 2.45) is 0 Å². The lowest BCUT2D eigenvalue weighted by Crippen LogP contribution is -2.23. The van der Waals surface area contributed by atoms with Crippen molar-refractivity contribution in [2.45, 2.75) is 62.4 Å². The van der Waals surface area contributed by atoms with Gasteiger partial charge in [-0.05, 0) is 43.4 Å². The van der Waals surface area contributed by atoms with Crippen LogP contribution in [0.1, 0.15) is 56.8 Å². The van der Waals surface area contributed by atoms with Crippen LogP contribution >= 0.6 is 11.8 Å². The molecular weight excluding hydrogens is 344 g/mol. The summed E-state index contributed by atoms with van der Waals surface area (Å²) in [5.74, 6) is 1.98. The van der Waals surface area contributed by atoms with Crippen molar-refractivity contribution in [3.05, 3.63) is 48.3 Å². The molecule has 2 aromatic rings. The average molecular weight is 371 g/mol. The third-order valence-corrected chi connectivity index (χ3v) is 5.58. The molecule has 1 atom stereocenters. The second-order valence-corrected chi connectivity index (χ2v) is 8.35. The highest BCUT2D eigenvalue weighted by Gasteiger charge is 2.30. The van der Waals surface area contributed by atoms with E-state index in [0.717, 1.165) is 16.7 Å². The topological polar surface area (TPSA) is 59.8 Å². The number of nitrogens with one attached hydrogen (secondary N) is 1. The van der Waals surface area contributed by atoms with Crippen molar-refractivity contribution in [1.29, 1.82) is 0 Å². The Hall–Kier alpha value is -2.08. The van der Waals surface area contributed by atoms with Crippen molar-refractivity contribution >= 4 is 23.4 Å². The van der Waals surface area contributed by atoms with Crippen molar-refractivity contribution in [1.82, 2.24) is 14.8 Å². The summed E-state index contributed by atoms with van der Waals surface area (Å²) >= 11 is 1.44. The van der Waals surface area contributed by atoms with Crippen LogP contribution in [0.15, 0.2) is 42.1 Å². The Morgan fingerprint density at radius 2 is 2.00 bits per heavy atom. The van der Waals surface area contributed by atoms with Gasteiger partial charge in [-0.2, -0.15) is 0 Å². The van der Waals surface area contributed by atoms with E-state index in [4.69, 9.17) is 0 Å². The van der Waals surface area contributed by atoms with E-state index >= 15 is 0 Å². The maximum atomic E-state index is 12.5. The van der Waals surface area contributed by atoms with Gasteiger partial charge in [0.1, 0.15) is 5.82 Å². The summed E-state index contributed by atoms with van der Waals surface area (Å²) in [6, 6.07) is 8.02. The van der Waals surface area contributed by atoms with Crippen LogP contribution in [0.25, 0.3) is 0 Å². The molecule has 1 aliphatic rings. The molecule has 1 fully saturated rings. The van der Waals surface area contributed by atoms with Crippen LogP contribution in [0.2, 0.25) is 0 Å². The molecule has 0 radical (unpaired) electrons. The van der Waals surface area contributed by atoms with E-state index < -0.39 is 0 Å². The molecule has 1 aromatic heterocycles. The first kappa shape index (κ1) is 18.7. The molecule has 138 valence electrons. The van der Waals surface area contributed by atoms with E-state index in [1.807, 2.05) is 25.1 Å². The summed E-state index contributed by atoms with van der Waals surface area (Å²) in [5.41, 5.74) is 2.08. The van der Waals surface area contributed by atoms with Gasteiger partial charge in [0.2, 0.25) is 5.91 Å². The lowest BCUT2D eigenvalue weighted by atomic mass is 10.0. The molecule has 0 bridgehead atoms. The number of hydrogen-bond acceptors (Lipinski definition) is 4. The van der Waals surface area contributed by atoms with Gasteiger partial charge in [-0.1, -0.05) is 43.8 Å². The highest BCUT2D eigenvalue weighted by atomic mass is 32.2. The molecule has 3 rings (SSSR count). The molecule has 1 heterocycles. The Balaban J connectivity index is 1.64. The summed E-state index contributed by atoms with van der Waals surface area (Å²) < 4.78 is 2.08. The number of aromatic nitrogens is 3. The van der Waals surface area contributed by atoms with Gasteiger partial charge in [0.05, 0.1) is 5.25 Å². The van der Waals surface area contributed by atoms with Gasteiger partial charge in [0.25, 0.3) is 0 Å². The number of allylic oxidation sites excluding steroid dienone is 1. The van der Waals surface area contributed by atoms with Gasteiger partial charge in [-0.15, -0.1) is 16.8 Å². The van der Waals surface area contributed by atoms with Gasteiger partial charge in [0.15, 0.2) is 5.16 Å². The Labute approximate surface area is 159 Å². The lowest BCUT2D eigenvalue weighted by Gasteiger charge is -2.13. The van der Waals surface area contributed by atoms with Crippen molar-refractivity contribution < 1.29 is 4.79 Å². The molecule has 6 heteroatoms. The van der Waals surface area contributed by atoms with Gasteiger partial charge in [-0.3, -0.25) is 4.79 Å². The molecular formula is C20H26N4OS. The lowest BCUT2D eigenvalue weighted by molar-refractivity contribution is -0.115. The summed E-state index contributed by atoms with van der Waals surface area (Å²) in [6.07, 6.45) is 4.19. The van der Waals surface area contributed by atoms with Crippen LogP contribution in [0, 0.1) is 0 Å². The standard InChI is InChI=1S/C20H26N4OS/c1-5-12-24-18(16-6-7-16)22-23-20(24)26-14(4)19(25)21-17-10-8-15(9-11-17)13(2)3/h5,8-11,13-14,16H,1,6-7,12H2,2-4H3,(H,21,25). The Kier molecular flexibility index (Phi) is 5.81. The van der Waals surface area contributed by atoms with Crippen molar-refractivity contribution in [3.63, 3.8) is 0 Å². The molecule has 1 saturated carbocycles. The second-order valence-electron chi connectivity index (χ2n) is 7.04. The first-order chi connectivity index (χ1) is 12.5. The predicted molar refractivity (Wildman–Crippen MR) is 107 cm³/mol. The summed E-state index contributed by atoms with van der Waals surface area (Å²) in [7, 11) is 0. The number of amides is 1. The Morgan fingerprint density at radius 1 is 1.31 bits per heavy atom. The van der Waals surface area contributed by atoms with Gasteiger partial charge in [-0.25, -0.2) is 0 Å². The minimum absolute atomic E-state index is 0.0339. The molecule has 1 aromatic carbocycles. The highest BCUT2D eigenvalue weighted by molar-refractivity contribution is 8.00. The van der Waals surface area contributed by atoms with E-state index in [2.05, 4.69) is 52.6 Å². The van der Waals surface area contributed by atoms with E-state index in [9.17, 15) is 4.79 Å². The first-order valence-electron chi connectivity index (χ1n) is 9.11. The average Bonchev–Trinajstić information content (AvgIpc) is 3.39. The largest absolute Gasteiger partial charge is 0.325 e. The fraction of sp³-hybridized carbons (Fsp3) is 0.450. The fourth-order valence-corrected chi connectivity index (χ4v) is 3.60. The van der Waals surface area contributed by atoms with Crippen molar-refractivity contribution in [2.75, 3.05) is 5.32 Å². The molecule has 5 nitrogen and oxygen atoms in total. The second kappa shape index (κ2) is 8.08. The zero-order valence-corrected chi connectivity index (χ0v) is 16.4. The fourth-order valence-electron chi connectivity index (χ4n) is 2.74. The van der Waals surface area contributed by atoms with Crippen LogP contribution in [0.5, 0.6) is 0 Å². The van der Waals surface area contributed by atoms with Crippen molar-refractivity contribution in [3.8, 4) is 0 Å². The SMILES string of the molecule is C=CCn1c(SC(C)C(=O)Nc2ccc(C(C)C)cc2)nnc1C1CC1. The number of nitrogens with zero attached hydrogens (tertiary/aromatic N) is 3. The molecule has 1 N–H and O–H groups in total. The Morgan fingerprint density at radius 3 is 2.58 bits per heavy atom. The number of carbonyl (C=O) groups is 1. The first-order valence-corrected chi connectivity index (χ1v) is 9.99. The maximum absolute atomic E-state index is 12.5. The molecule has 1 amide bonds. The number of anilines is 1. The molecule has 0 spiro atoms. The zero-order valence-electron chi connectivity index (χ0n) is 15.6. The van der Waals surface area contributed by atoms with E-state index in [1.54, 1.807) is 0 Å². The molecule has 26 heavy (non-hydrogen) atoms. The summed E-state index contributed by atoms with van der Waals surface area (Å²) in [5, 5.41) is 12.1. The maximum Gasteiger partial charge on any atom is 0.237 e. The zero-order chi connectivity index (χ0) is 18.7. The minimum Gasteiger partial charge on any atom is -0.325 e. The molecule has 1 aliphatic carbocycles. The van der Waals surface area contributed by atoms with Gasteiger partial charge in [0, 0.05) is 18.2 Å². The number of carbonyl (C=O) groups excluding carboxylic acids is 1.